The van der Waals surface area contributed by atoms with Crippen LogP contribution in [-0.4, -0.2) is 22.3 Å². The quantitative estimate of drug-likeness (QED) is 0.694. The molecule has 0 unspecified atom stereocenters. The Kier molecular flexibility index (Phi) is 5.00. The Bertz CT molecular complexity index is 900. The van der Waals surface area contributed by atoms with Gasteiger partial charge in [-0.1, -0.05) is 23.7 Å². The van der Waals surface area contributed by atoms with Gasteiger partial charge in [-0.15, -0.1) is 5.10 Å². The highest BCUT2D eigenvalue weighted by Gasteiger charge is 2.07. The molecule has 128 valence electrons. The summed E-state index contributed by atoms with van der Waals surface area (Å²) in [6, 6.07) is 11.5. The lowest BCUT2D eigenvalue weighted by Gasteiger charge is -2.12. The van der Waals surface area contributed by atoms with E-state index < -0.39 is 0 Å². The molecule has 25 heavy (non-hydrogen) atoms. The lowest BCUT2D eigenvalue weighted by molar-refractivity contribution is 0.416. The van der Waals surface area contributed by atoms with E-state index in [-0.39, 0.29) is 0 Å². The number of rotatable bonds is 5. The van der Waals surface area contributed by atoms with Crippen LogP contribution in [0, 0.1) is 13.8 Å². The molecular formula is C18H18ClN5O. The van der Waals surface area contributed by atoms with E-state index in [1.54, 1.807) is 13.3 Å². The third-order valence-electron chi connectivity index (χ3n) is 3.60. The highest BCUT2D eigenvalue weighted by atomic mass is 35.5. The van der Waals surface area contributed by atoms with Crippen LogP contribution in [0.1, 0.15) is 11.1 Å². The minimum atomic E-state index is 0.372. The summed E-state index contributed by atoms with van der Waals surface area (Å²) in [4.78, 5) is 4.43. The van der Waals surface area contributed by atoms with E-state index in [1.165, 1.54) is 0 Å². The topological polar surface area (TPSA) is 72.0 Å². The molecule has 0 aliphatic rings. The van der Waals surface area contributed by atoms with Crippen molar-refractivity contribution < 1.29 is 4.74 Å². The lowest BCUT2D eigenvalue weighted by atomic mass is 10.2. The normalized spacial score (nSPS) is 10.4. The van der Waals surface area contributed by atoms with Crippen molar-refractivity contribution in [3.63, 3.8) is 0 Å². The largest absolute Gasteiger partial charge is 0.495 e. The molecule has 0 bridgehead atoms. The molecule has 2 N–H and O–H groups in total. The first-order valence-corrected chi connectivity index (χ1v) is 8.07. The maximum atomic E-state index is 6.14. The minimum absolute atomic E-state index is 0.372. The Labute approximate surface area is 151 Å². The van der Waals surface area contributed by atoms with Crippen molar-refractivity contribution in [3.05, 3.63) is 58.7 Å². The van der Waals surface area contributed by atoms with Crippen LogP contribution in [0.5, 0.6) is 5.75 Å². The van der Waals surface area contributed by atoms with Crippen molar-refractivity contribution in [2.75, 3.05) is 17.7 Å². The Morgan fingerprint density at radius 3 is 2.64 bits per heavy atom. The summed E-state index contributed by atoms with van der Waals surface area (Å²) >= 11 is 6.14. The second-order valence-electron chi connectivity index (χ2n) is 5.58. The summed E-state index contributed by atoms with van der Waals surface area (Å²) in [5.41, 5.74) is 3.72. The van der Waals surface area contributed by atoms with E-state index in [2.05, 4.69) is 25.8 Å². The molecule has 7 heteroatoms. The van der Waals surface area contributed by atoms with Gasteiger partial charge in [-0.05, 0) is 49.2 Å². The van der Waals surface area contributed by atoms with E-state index in [0.717, 1.165) is 28.3 Å². The number of aromatic nitrogens is 3. The maximum absolute atomic E-state index is 6.14. The van der Waals surface area contributed by atoms with Crippen LogP contribution in [0.15, 0.2) is 42.6 Å². The van der Waals surface area contributed by atoms with Gasteiger partial charge in [0.1, 0.15) is 5.75 Å². The van der Waals surface area contributed by atoms with E-state index in [1.807, 2.05) is 50.2 Å². The van der Waals surface area contributed by atoms with Crippen molar-refractivity contribution >= 4 is 34.7 Å². The van der Waals surface area contributed by atoms with Gasteiger partial charge in [0.25, 0.3) is 0 Å². The molecule has 0 atom stereocenters. The van der Waals surface area contributed by atoms with Crippen molar-refractivity contribution in [2.24, 2.45) is 0 Å². The number of methoxy groups -OCH3 is 1. The zero-order chi connectivity index (χ0) is 17.8. The second-order valence-corrected chi connectivity index (χ2v) is 5.99. The Morgan fingerprint density at radius 1 is 1.04 bits per heavy atom. The van der Waals surface area contributed by atoms with Crippen LogP contribution in [0.4, 0.5) is 23.1 Å². The van der Waals surface area contributed by atoms with Crippen LogP contribution in [0.25, 0.3) is 0 Å². The molecule has 0 amide bonds. The third kappa shape index (κ3) is 4.16. The number of benzene rings is 2. The fourth-order valence-corrected chi connectivity index (χ4v) is 2.45. The lowest BCUT2D eigenvalue weighted by Crippen LogP contribution is -2.03. The summed E-state index contributed by atoms with van der Waals surface area (Å²) in [5.74, 6) is 1.65. The van der Waals surface area contributed by atoms with Crippen molar-refractivity contribution in [1.29, 1.82) is 0 Å². The Hall–Kier alpha value is -2.86. The molecule has 0 spiro atoms. The number of hydrogen-bond donors (Lipinski definition) is 2. The Balaban J connectivity index is 1.82. The van der Waals surface area contributed by atoms with Gasteiger partial charge in [-0.3, -0.25) is 0 Å². The average molecular weight is 356 g/mol. The molecule has 1 aromatic heterocycles. The Morgan fingerprint density at radius 2 is 1.88 bits per heavy atom. The van der Waals surface area contributed by atoms with E-state index in [9.17, 15) is 0 Å². The summed E-state index contributed by atoms with van der Waals surface area (Å²) in [7, 11) is 1.63. The van der Waals surface area contributed by atoms with Crippen molar-refractivity contribution in [1.82, 2.24) is 15.2 Å². The maximum Gasteiger partial charge on any atom is 0.249 e. The molecule has 6 nitrogen and oxygen atoms in total. The molecule has 1 heterocycles. The number of anilines is 4. The summed E-state index contributed by atoms with van der Waals surface area (Å²) < 4.78 is 5.37. The van der Waals surface area contributed by atoms with Crippen LogP contribution in [0.2, 0.25) is 5.02 Å². The van der Waals surface area contributed by atoms with Crippen LogP contribution < -0.4 is 15.4 Å². The predicted molar refractivity (Wildman–Crippen MR) is 100 cm³/mol. The van der Waals surface area contributed by atoms with Crippen LogP contribution >= 0.6 is 11.6 Å². The number of nitrogens with one attached hydrogen (secondary N) is 2. The minimum Gasteiger partial charge on any atom is -0.495 e. The molecule has 3 rings (SSSR count). The van der Waals surface area contributed by atoms with E-state index in [4.69, 9.17) is 16.3 Å². The second kappa shape index (κ2) is 7.36. The molecule has 0 fully saturated rings. The highest BCUT2D eigenvalue weighted by Crippen LogP contribution is 2.28. The average Bonchev–Trinajstić information content (AvgIpc) is 2.59. The van der Waals surface area contributed by atoms with Crippen LogP contribution in [0.3, 0.4) is 0 Å². The summed E-state index contributed by atoms with van der Waals surface area (Å²) in [6.45, 7) is 3.96. The third-order valence-corrected chi connectivity index (χ3v) is 4.01. The SMILES string of the molecule is COc1ccc(C)cc1Nc1cnnc(Nc2ccc(C)c(Cl)c2)n1. The summed E-state index contributed by atoms with van der Waals surface area (Å²) in [6.07, 6.45) is 1.55. The fraction of sp³-hybridized carbons (Fsp3) is 0.167. The molecule has 0 saturated heterocycles. The number of nitrogens with zero attached hydrogens (tertiary/aromatic N) is 3. The zero-order valence-corrected chi connectivity index (χ0v) is 14.9. The smallest absolute Gasteiger partial charge is 0.249 e. The van der Waals surface area contributed by atoms with Gasteiger partial charge in [0, 0.05) is 10.7 Å². The first kappa shape index (κ1) is 17.0. The molecule has 0 aliphatic heterocycles. The van der Waals surface area contributed by atoms with Gasteiger partial charge in [0.05, 0.1) is 19.0 Å². The number of hydrogen-bond acceptors (Lipinski definition) is 6. The summed E-state index contributed by atoms with van der Waals surface area (Å²) in [5, 5.41) is 15.0. The number of ether oxygens (including phenoxy) is 1. The van der Waals surface area contributed by atoms with Gasteiger partial charge < -0.3 is 15.4 Å². The van der Waals surface area contributed by atoms with E-state index in [0.29, 0.717) is 16.8 Å². The van der Waals surface area contributed by atoms with Crippen molar-refractivity contribution in [2.45, 2.75) is 13.8 Å². The van der Waals surface area contributed by atoms with Gasteiger partial charge >= 0.3 is 0 Å². The molecular weight excluding hydrogens is 338 g/mol. The number of aryl methyl sites for hydroxylation is 2. The molecule has 0 aliphatic carbocycles. The predicted octanol–water partition coefficient (Wildman–Crippen LogP) is 4.64. The van der Waals surface area contributed by atoms with Gasteiger partial charge in [0.15, 0.2) is 5.82 Å². The molecule has 0 radical (unpaired) electrons. The standard InChI is InChI=1S/C18H18ClN5O/c1-11-4-7-16(25-3)15(8-11)22-17-10-20-24-18(23-17)21-13-6-5-12(2)14(19)9-13/h4-10H,1-3H3,(H2,21,22,23,24). The van der Waals surface area contributed by atoms with Crippen molar-refractivity contribution in [3.8, 4) is 5.75 Å². The highest BCUT2D eigenvalue weighted by molar-refractivity contribution is 6.31. The van der Waals surface area contributed by atoms with Gasteiger partial charge in [-0.25, -0.2) is 0 Å². The zero-order valence-electron chi connectivity index (χ0n) is 14.2. The number of halogens is 1. The molecule has 0 saturated carbocycles. The van der Waals surface area contributed by atoms with E-state index >= 15 is 0 Å². The van der Waals surface area contributed by atoms with Gasteiger partial charge in [-0.2, -0.15) is 10.1 Å². The molecule has 2 aromatic carbocycles. The first-order chi connectivity index (χ1) is 12.0. The first-order valence-electron chi connectivity index (χ1n) is 7.70. The monoisotopic (exact) mass is 355 g/mol. The van der Waals surface area contributed by atoms with Gasteiger partial charge in [0.2, 0.25) is 5.95 Å². The van der Waals surface area contributed by atoms with Crippen LogP contribution in [-0.2, 0) is 0 Å². The fourth-order valence-electron chi connectivity index (χ4n) is 2.27. The molecule has 3 aromatic rings.